The molecule has 0 nitrogen and oxygen atoms in total. The lowest BCUT2D eigenvalue weighted by Gasteiger charge is -2.03. The normalized spacial score (nSPS) is 11.8. The van der Waals surface area contributed by atoms with Crippen LogP contribution < -0.4 is 0 Å². The Kier molecular flexibility index (Phi) is 16.6. The van der Waals surface area contributed by atoms with E-state index < -0.39 is 0 Å². The zero-order chi connectivity index (χ0) is 24.4. The Labute approximate surface area is 221 Å². The SMILES string of the molecule is CCCCCCCCCCCCc1c(C)sc2c(CCCCCCCCCCCC)c(C)sc12. The summed E-state index contributed by atoms with van der Waals surface area (Å²) in [6.07, 6.45) is 31.2. The minimum Gasteiger partial charge on any atom is -0.139 e. The number of hydrogen-bond acceptors (Lipinski definition) is 2. The number of fused-ring (bicyclic) bond motifs is 1. The van der Waals surface area contributed by atoms with E-state index in [1.165, 1.54) is 141 Å². The van der Waals surface area contributed by atoms with Crippen LogP contribution in [0.5, 0.6) is 0 Å². The van der Waals surface area contributed by atoms with Gasteiger partial charge in [-0.2, -0.15) is 0 Å². The molecular formula is C32H56S2. The molecule has 0 atom stereocenters. The third-order valence-corrected chi connectivity index (χ3v) is 10.2. The molecule has 0 N–H and O–H groups in total. The Bertz CT molecular complexity index is 687. The summed E-state index contributed by atoms with van der Waals surface area (Å²) in [7, 11) is 0. The molecule has 0 saturated carbocycles. The van der Waals surface area contributed by atoms with Gasteiger partial charge in [-0.1, -0.05) is 129 Å². The number of rotatable bonds is 22. The minimum atomic E-state index is 1.31. The van der Waals surface area contributed by atoms with Crippen LogP contribution >= 0.6 is 22.7 Å². The maximum absolute atomic E-state index is 2.38. The third kappa shape index (κ3) is 11.2. The fourth-order valence-corrected chi connectivity index (χ4v) is 8.23. The Morgan fingerprint density at radius 2 is 0.647 bits per heavy atom. The summed E-state index contributed by atoms with van der Waals surface area (Å²) in [6.45, 7) is 9.37. The molecule has 196 valence electrons. The van der Waals surface area contributed by atoms with E-state index in [0.29, 0.717) is 0 Å². The summed E-state index contributed by atoms with van der Waals surface area (Å²) in [5.41, 5.74) is 3.39. The highest BCUT2D eigenvalue weighted by Crippen LogP contribution is 2.42. The molecule has 0 spiro atoms. The first-order valence-corrected chi connectivity index (χ1v) is 16.8. The van der Waals surface area contributed by atoms with Gasteiger partial charge in [0.1, 0.15) is 0 Å². The highest BCUT2D eigenvalue weighted by atomic mass is 32.1. The number of thiophene rings is 2. The smallest absolute Gasteiger partial charge is 0.0491 e. The summed E-state index contributed by atoms with van der Waals surface area (Å²) >= 11 is 4.20. The Morgan fingerprint density at radius 3 is 0.941 bits per heavy atom. The third-order valence-electron chi connectivity index (χ3n) is 7.68. The van der Waals surface area contributed by atoms with Crippen molar-refractivity contribution in [1.29, 1.82) is 0 Å². The molecule has 2 heteroatoms. The highest BCUT2D eigenvalue weighted by molar-refractivity contribution is 7.28. The molecule has 0 radical (unpaired) electrons. The standard InChI is InChI=1S/C32H56S2/c1-5-7-9-11-13-15-17-19-21-23-25-29-27(3)33-32-30(28(4)34-31(29)32)26-24-22-20-18-16-14-12-10-8-6-2/h5-26H2,1-4H3. The van der Waals surface area contributed by atoms with Crippen molar-refractivity contribution in [3.8, 4) is 0 Å². The molecule has 0 aromatic carbocycles. The van der Waals surface area contributed by atoms with Gasteiger partial charge in [0, 0.05) is 19.2 Å². The van der Waals surface area contributed by atoms with Gasteiger partial charge in [0.15, 0.2) is 0 Å². The molecule has 0 bridgehead atoms. The fourth-order valence-electron chi connectivity index (χ4n) is 5.40. The van der Waals surface area contributed by atoms with Crippen LogP contribution in [0.4, 0.5) is 0 Å². The predicted molar refractivity (Wildman–Crippen MR) is 160 cm³/mol. The van der Waals surface area contributed by atoms with E-state index in [9.17, 15) is 0 Å². The van der Waals surface area contributed by atoms with E-state index in [0.717, 1.165) is 0 Å². The molecule has 0 aliphatic heterocycles. The van der Waals surface area contributed by atoms with Crippen LogP contribution in [-0.4, -0.2) is 0 Å². The van der Waals surface area contributed by atoms with Crippen molar-refractivity contribution in [2.75, 3.05) is 0 Å². The summed E-state index contributed by atoms with van der Waals surface area (Å²) in [6, 6.07) is 0. The van der Waals surface area contributed by atoms with Gasteiger partial charge in [0.2, 0.25) is 0 Å². The highest BCUT2D eigenvalue weighted by Gasteiger charge is 2.17. The summed E-state index contributed by atoms with van der Waals surface area (Å²) < 4.78 is 3.30. The van der Waals surface area contributed by atoms with Crippen molar-refractivity contribution in [3.05, 3.63) is 20.9 Å². The number of hydrogen-bond donors (Lipinski definition) is 0. The summed E-state index contributed by atoms with van der Waals surface area (Å²) in [5.74, 6) is 0. The van der Waals surface area contributed by atoms with Crippen molar-refractivity contribution in [3.63, 3.8) is 0 Å². The minimum absolute atomic E-state index is 1.31. The second-order valence-electron chi connectivity index (χ2n) is 10.8. The first-order chi connectivity index (χ1) is 16.7. The van der Waals surface area contributed by atoms with Crippen LogP contribution in [0.25, 0.3) is 9.40 Å². The maximum atomic E-state index is 2.38. The second kappa shape index (κ2) is 18.9. The van der Waals surface area contributed by atoms with E-state index in [1.54, 1.807) is 30.3 Å². The quantitative estimate of drug-likeness (QED) is 0.140. The maximum Gasteiger partial charge on any atom is 0.0491 e. The average Bonchev–Trinajstić information content (AvgIpc) is 3.29. The Morgan fingerprint density at radius 1 is 0.382 bits per heavy atom. The lowest BCUT2D eigenvalue weighted by atomic mass is 10.0. The molecule has 0 aliphatic rings. The van der Waals surface area contributed by atoms with E-state index in [2.05, 4.69) is 50.4 Å². The first-order valence-electron chi connectivity index (χ1n) is 15.2. The van der Waals surface area contributed by atoms with Gasteiger partial charge in [0.25, 0.3) is 0 Å². The molecule has 2 rings (SSSR count). The van der Waals surface area contributed by atoms with Gasteiger partial charge in [0.05, 0.1) is 0 Å². The van der Waals surface area contributed by atoms with Crippen molar-refractivity contribution in [2.45, 2.75) is 169 Å². The Balaban J connectivity index is 1.64. The van der Waals surface area contributed by atoms with Crippen LogP contribution in [0.2, 0.25) is 0 Å². The fraction of sp³-hybridized carbons (Fsp3) is 0.812. The van der Waals surface area contributed by atoms with Crippen molar-refractivity contribution in [1.82, 2.24) is 0 Å². The van der Waals surface area contributed by atoms with Crippen LogP contribution in [-0.2, 0) is 12.8 Å². The molecule has 0 saturated heterocycles. The molecule has 0 fully saturated rings. The molecule has 0 amide bonds. The molecule has 34 heavy (non-hydrogen) atoms. The lowest BCUT2D eigenvalue weighted by Crippen LogP contribution is -1.87. The van der Waals surface area contributed by atoms with Crippen LogP contribution in [0, 0.1) is 13.8 Å². The topological polar surface area (TPSA) is 0 Å². The molecule has 0 aliphatic carbocycles. The Hall–Kier alpha value is -0.340. The van der Waals surface area contributed by atoms with Crippen molar-refractivity contribution >= 4 is 32.1 Å². The molecular weight excluding hydrogens is 448 g/mol. The average molecular weight is 505 g/mol. The van der Waals surface area contributed by atoms with Gasteiger partial charge in [-0.3, -0.25) is 0 Å². The zero-order valence-corrected chi connectivity index (χ0v) is 25.0. The van der Waals surface area contributed by atoms with E-state index in [1.807, 2.05) is 0 Å². The monoisotopic (exact) mass is 504 g/mol. The largest absolute Gasteiger partial charge is 0.139 e. The van der Waals surface area contributed by atoms with Gasteiger partial charge in [-0.25, -0.2) is 0 Å². The predicted octanol–water partition coefficient (Wildman–Crippen LogP) is 12.5. The van der Waals surface area contributed by atoms with Gasteiger partial charge in [-0.15, -0.1) is 22.7 Å². The molecule has 2 heterocycles. The molecule has 2 aromatic heterocycles. The summed E-state index contributed by atoms with van der Waals surface area (Å²) in [4.78, 5) is 3.20. The van der Waals surface area contributed by atoms with Crippen molar-refractivity contribution in [2.24, 2.45) is 0 Å². The van der Waals surface area contributed by atoms with Gasteiger partial charge < -0.3 is 0 Å². The van der Waals surface area contributed by atoms with Crippen LogP contribution in [0.15, 0.2) is 0 Å². The van der Waals surface area contributed by atoms with Crippen molar-refractivity contribution < 1.29 is 0 Å². The summed E-state index contributed by atoms with van der Waals surface area (Å²) in [5, 5.41) is 0. The molecule has 0 unspecified atom stereocenters. The number of aryl methyl sites for hydroxylation is 4. The second-order valence-corrected chi connectivity index (χ2v) is 13.2. The van der Waals surface area contributed by atoms with E-state index >= 15 is 0 Å². The number of unbranched alkanes of at least 4 members (excludes halogenated alkanes) is 18. The van der Waals surface area contributed by atoms with Gasteiger partial charge in [-0.05, 0) is 50.7 Å². The van der Waals surface area contributed by atoms with Gasteiger partial charge >= 0.3 is 0 Å². The molecule has 2 aromatic rings. The van der Waals surface area contributed by atoms with E-state index in [4.69, 9.17) is 0 Å². The van der Waals surface area contributed by atoms with Crippen LogP contribution in [0.3, 0.4) is 0 Å². The zero-order valence-electron chi connectivity index (χ0n) is 23.4. The lowest BCUT2D eigenvalue weighted by molar-refractivity contribution is 0.556. The van der Waals surface area contributed by atoms with E-state index in [-0.39, 0.29) is 0 Å². The van der Waals surface area contributed by atoms with Crippen LogP contribution in [0.1, 0.15) is 163 Å². The first kappa shape index (κ1) is 29.9.